The van der Waals surface area contributed by atoms with E-state index in [2.05, 4.69) is 29.0 Å². The van der Waals surface area contributed by atoms with Gasteiger partial charge in [-0.1, -0.05) is 29.3 Å². The molecule has 98 valence electrons. The number of benzene rings is 1. The summed E-state index contributed by atoms with van der Waals surface area (Å²) in [5, 5.41) is 0.940. The van der Waals surface area contributed by atoms with Gasteiger partial charge < -0.3 is 10.6 Å². The molecule has 0 fully saturated rings. The number of rotatable bonds is 2. The summed E-state index contributed by atoms with van der Waals surface area (Å²) in [7, 11) is 0. The predicted molar refractivity (Wildman–Crippen MR) is 80.0 cm³/mol. The van der Waals surface area contributed by atoms with E-state index in [1.165, 1.54) is 16.9 Å². The Labute approximate surface area is 120 Å². The van der Waals surface area contributed by atoms with Gasteiger partial charge in [-0.15, -0.1) is 11.3 Å². The number of nitrogens with zero attached hydrogens (tertiary/aromatic N) is 3. The van der Waals surface area contributed by atoms with Gasteiger partial charge in [0.05, 0.1) is 12.7 Å². The van der Waals surface area contributed by atoms with Crippen LogP contribution in [0.1, 0.15) is 16.6 Å². The van der Waals surface area contributed by atoms with E-state index in [-0.39, 0.29) is 6.04 Å². The number of hydrogen-bond donors (Lipinski definition) is 1. The molecule has 1 aliphatic heterocycles. The highest BCUT2D eigenvalue weighted by atomic mass is 35.5. The largest absolute Gasteiger partial charge is 0.369 e. The van der Waals surface area contributed by atoms with E-state index < -0.39 is 0 Å². The molecule has 2 aromatic rings. The van der Waals surface area contributed by atoms with Crippen LogP contribution in [0.25, 0.3) is 0 Å². The van der Waals surface area contributed by atoms with Crippen molar-refractivity contribution in [3.8, 4) is 0 Å². The third-order valence-corrected chi connectivity index (χ3v) is 4.29. The first-order chi connectivity index (χ1) is 9.15. The van der Waals surface area contributed by atoms with Crippen LogP contribution in [0.2, 0.25) is 4.34 Å². The van der Waals surface area contributed by atoms with Crippen molar-refractivity contribution in [3.63, 3.8) is 0 Å². The van der Waals surface area contributed by atoms with Gasteiger partial charge in [0.2, 0.25) is 0 Å². The molecule has 0 bridgehead atoms. The molecule has 1 aromatic heterocycles. The highest BCUT2D eigenvalue weighted by molar-refractivity contribution is 7.15. The quantitative estimate of drug-likeness (QED) is 0.926. The summed E-state index contributed by atoms with van der Waals surface area (Å²) in [6.07, 6.45) is 1.67. The summed E-state index contributed by atoms with van der Waals surface area (Å²) in [5.41, 5.74) is 8.25. The van der Waals surface area contributed by atoms with E-state index in [0.717, 1.165) is 10.7 Å². The summed E-state index contributed by atoms with van der Waals surface area (Å²) < 4.78 is 0.685. The second-order valence-electron chi connectivity index (χ2n) is 4.42. The fourth-order valence-electron chi connectivity index (χ4n) is 2.12. The molecule has 1 unspecified atom stereocenters. The third kappa shape index (κ3) is 2.31. The SMILES string of the molecule is Cc1ccc(N2C(N)=NCC2c2ncc(Cl)s2)cc1. The molecule has 3 rings (SSSR count). The Bertz CT molecular complexity index is 620. The molecule has 1 atom stereocenters. The average molecular weight is 293 g/mol. The van der Waals surface area contributed by atoms with Crippen molar-refractivity contribution in [2.24, 2.45) is 10.7 Å². The van der Waals surface area contributed by atoms with Crippen LogP contribution in [-0.2, 0) is 0 Å². The van der Waals surface area contributed by atoms with E-state index in [1.54, 1.807) is 6.20 Å². The van der Waals surface area contributed by atoms with Crippen molar-refractivity contribution in [1.82, 2.24) is 4.98 Å². The molecule has 1 aliphatic rings. The van der Waals surface area contributed by atoms with Gasteiger partial charge in [-0.2, -0.15) is 0 Å². The molecule has 6 heteroatoms. The lowest BCUT2D eigenvalue weighted by molar-refractivity contribution is 0.760. The normalized spacial score (nSPS) is 18.7. The Morgan fingerprint density at radius 2 is 2.11 bits per heavy atom. The van der Waals surface area contributed by atoms with E-state index >= 15 is 0 Å². The highest BCUT2D eigenvalue weighted by Gasteiger charge is 2.30. The van der Waals surface area contributed by atoms with Crippen molar-refractivity contribution in [2.75, 3.05) is 11.4 Å². The Hall–Kier alpha value is -1.59. The van der Waals surface area contributed by atoms with Gasteiger partial charge in [0, 0.05) is 5.69 Å². The van der Waals surface area contributed by atoms with Crippen molar-refractivity contribution in [3.05, 3.63) is 45.4 Å². The summed E-state index contributed by atoms with van der Waals surface area (Å²) >= 11 is 7.43. The van der Waals surface area contributed by atoms with Crippen molar-refractivity contribution in [2.45, 2.75) is 13.0 Å². The van der Waals surface area contributed by atoms with Crippen LogP contribution in [0.5, 0.6) is 0 Å². The van der Waals surface area contributed by atoms with Gasteiger partial charge in [0.15, 0.2) is 5.96 Å². The van der Waals surface area contributed by atoms with E-state index in [0.29, 0.717) is 16.8 Å². The lowest BCUT2D eigenvalue weighted by atomic mass is 10.2. The summed E-state index contributed by atoms with van der Waals surface area (Å²) in [6.45, 7) is 2.67. The van der Waals surface area contributed by atoms with Gasteiger partial charge in [0.25, 0.3) is 0 Å². The van der Waals surface area contributed by atoms with Gasteiger partial charge in [-0.3, -0.25) is 4.99 Å². The molecule has 4 nitrogen and oxygen atoms in total. The molecule has 2 heterocycles. The number of aliphatic imine (C=N–C) groups is 1. The summed E-state index contributed by atoms with van der Waals surface area (Å²) in [5.74, 6) is 0.528. The van der Waals surface area contributed by atoms with Crippen molar-refractivity contribution in [1.29, 1.82) is 0 Å². The number of aryl methyl sites for hydroxylation is 1. The minimum atomic E-state index is 0.0419. The maximum Gasteiger partial charge on any atom is 0.196 e. The van der Waals surface area contributed by atoms with E-state index in [1.807, 2.05) is 17.0 Å². The molecule has 1 aromatic carbocycles. The number of hydrogen-bond acceptors (Lipinski definition) is 5. The smallest absolute Gasteiger partial charge is 0.196 e. The maximum absolute atomic E-state index is 6.00. The second kappa shape index (κ2) is 4.83. The fraction of sp³-hybridized carbons (Fsp3) is 0.231. The minimum Gasteiger partial charge on any atom is -0.369 e. The van der Waals surface area contributed by atoms with Crippen LogP contribution in [0.15, 0.2) is 35.5 Å². The van der Waals surface area contributed by atoms with Crippen LogP contribution in [-0.4, -0.2) is 17.5 Å². The topological polar surface area (TPSA) is 54.5 Å². The van der Waals surface area contributed by atoms with Crippen LogP contribution in [0, 0.1) is 6.92 Å². The van der Waals surface area contributed by atoms with Crippen molar-refractivity contribution >= 4 is 34.6 Å². The molecule has 2 N–H and O–H groups in total. The van der Waals surface area contributed by atoms with Gasteiger partial charge in [0.1, 0.15) is 15.4 Å². The first-order valence-electron chi connectivity index (χ1n) is 5.92. The third-order valence-electron chi connectivity index (χ3n) is 3.08. The zero-order valence-corrected chi connectivity index (χ0v) is 11.9. The predicted octanol–water partition coefficient (Wildman–Crippen LogP) is 2.98. The van der Waals surface area contributed by atoms with Crippen LogP contribution >= 0.6 is 22.9 Å². The summed E-state index contributed by atoms with van der Waals surface area (Å²) in [4.78, 5) is 10.7. The highest BCUT2D eigenvalue weighted by Crippen LogP contribution is 2.34. The average Bonchev–Trinajstić information content (AvgIpc) is 2.97. The van der Waals surface area contributed by atoms with Crippen LogP contribution in [0.4, 0.5) is 5.69 Å². The second-order valence-corrected chi connectivity index (χ2v) is 6.12. The number of halogens is 1. The van der Waals surface area contributed by atoms with Crippen molar-refractivity contribution < 1.29 is 0 Å². The molecule has 0 saturated carbocycles. The molecule has 19 heavy (non-hydrogen) atoms. The first-order valence-corrected chi connectivity index (χ1v) is 7.11. The standard InChI is InChI=1S/C13H13ClN4S/c1-8-2-4-9(5-3-8)18-10(6-17-13(18)15)12-16-7-11(14)19-12/h2-5,7,10H,6H2,1H3,(H2,15,17). The molecule has 0 radical (unpaired) electrons. The number of guanidine groups is 1. The maximum atomic E-state index is 6.00. The Kier molecular flexibility index (Phi) is 3.16. The fourth-order valence-corrected chi connectivity index (χ4v) is 3.14. The molecule has 0 amide bonds. The number of nitrogens with two attached hydrogens (primary N) is 1. The number of thiazole rings is 1. The van der Waals surface area contributed by atoms with E-state index in [4.69, 9.17) is 17.3 Å². The van der Waals surface area contributed by atoms with Crippen LogP contribution < -0.4 is 10.6 Å². The molecule has 0 saturated heterocycles. The molecule has 0 spiro atoms. The first kappa shape index (κ1) is 12.4. The lowest BCUT2D eigenvalue weighted by Crippen LogP contribution is -2.36. The molecular formula is C13H13ClN4S. The molecule has 0 aliphatic carbocycles. The summed E-state index contributed by atoms with van der Waals surface area (Å²) in [6, 6.07) is 8.26. The monoisotopic (exact) mass is 292 g/mol. The van der Waals surface area contributed by atoms with Crippen LogP contribution in [0.3, 0.4) is 0 Å². The molecular weight excluding hydrogens is 280 g/mol. The lowest BCUT2D eigenvalue weighted by Gasteiger charge is -2.24. The zero-order valence-electron chi connectivity index (χ0n) is 10.4. The number of anilines is 1. The Morgan fingerprint density at radius 1 is 1.37 bits per heavy atom. The van der Waals surface area contributed by atoms with Gasteiger partial charge >= 0.3 is 0 Å². The van der Waals surface area contributed by atoms with Gasteiger partial charge in [-0.25, -0.2) is 4.98 Å². The minimum absolute atomic E-state index is 0.0419. The Balaban J connectivity index is 1.96. The number of aromatic nitrogens is 1. The van der Waals surface area contributed by atoms with Gasteiger partial charge in [-0.05, 0) is 19.1 Å². The Morgan fingerprint density at radius 3 is 2.74 bits per heavy atom. The van der Waals surface area contributed by atoms with E-state index in [9.17, 15) is 0 Å². The zero-order chi connectivity index (χ0) is 13.4.